The van der Waals surface area contributed by atoms with Crippen LogP contribution >= 0.6 is 23.2 Å². The topological polar surface area (TPSA) is 34.1 Å². The lowest BCUT2D eigenvalue weighted by Crippen LogP contribution is -2.25. The molecule has 0 amide bonds. The van der Waals surface area contributed by atoms with Gasteiger partial charge in [0.05, 0.1) is 0 Å². The molecular formula is C30H40Cl2O2. The number of halogens is 2. The summed E-state index contributed by atoms with van der Waals surface area (Å²) >= 11 is 12.0. The smallest absolute Gasteiger partial charge is 0.252 e. The molecule has 0 radical (unpaired) electrons. The van der Waals surface area contributed by atoms with Crippen LogP contribution in [0.5, 0.6) is 0 Å². The molecular weight excluding hydrogens is 463 g/mol. The van der Waals surface area contributed by atoms with Crippen molar-refractivity contribution in [3.8, 4) is 11.1 Å². The van der Waals surface area contributed by atoms with Gasteiger partial charge in [0.25, 0.3) is 10.5 Å². The highest BCUT2D eigenvalue weighted by atomic mass is 35.5. The first-order chi connectivity index (χ1) is 15.1. The summed E-state index contributed by atoms with van der Waals surface area (Å²) in [5, 5.41) is -0.921. The van der Waals surface area contributed by atoms with Gasteiger partial charge >= 0.3 is 0 Å². The Balaban J connectivity index is 3.37. The lowest BCUT2D eigenvalue weighted by molar-refractivity contribution is 0.107. The van der Waals surface area contributed by atoms with Crippen molar-refractivity contribution < 1.29 is 9.59 Å². The highest BCUT2D eigenvalue weighted by Gasteiger charge is 2.35. The fourth-order valence-corrected chi connectivity index (χ4v) is 4.63. The largest absolute Gasteiger partial charge is 0.276 e. The van der Waals surface area contributed by atoms with Gasteiger partial charge in [0.2, 0.25) is 0 Å². The molecule has 186 valence electrons. The molecule has 0 aromatic heterocycles. The Morgan fingerprint density at radius 2 is 0.647 bits per heavy atom. The van der Waals surface area contributed by atoms with E-state index >= 15 is 0 Å². The van der Waals surface area contributed by atoms with Crippen molar-refractivity contribution in [3.63, 3.8) is 0 Å². The number of carbonyl (C=O) groups is 2. The van der Waals surface area contributed by atoms with Gasteiger partial charge in [0, 0.05) is 11.1 Å². The molecule has 0 heterocycles. The van der Waals surface area contributed by atoms with Crippen LogP contribution in [0.2, 0.25) is 0 Å². The minimum atomic E-state index is -0.460. The average Bonchev–Trinajstić information content (AvgIpc) is 2.62. The first kappa shape index (κ1) is 28.6. The first-order valence-electron chi connectivity index (χ1n) is 11.8. The monoisotopic (exact) mass is 502 g/mol. The van der Waals surface area contributed by atoms with Crippen molar-refractivity contribution in [2.24, 2.45) is 0 Å². The molecule has 0 aliphatic carbocycles. The minimum absolute atomic E-state index is 0.261. The maximum Gasteiger partial charge on any atom is 0.252 e. The van der Waals surface area contributed by atoms with E-state index in [0.29, 0.717) is 11.1 Å². The zero-order valence-electron chi connectivity index (χ0n) is 22.9. The van der Waals surface area contributed by atoms with E-state index < -0.39 is 10.5 Å². The number of carbonyl (C=O) groups excluding carboxylic acids is 2. The van der Waals surface area contributed by atoms with Crippen molar-refractivity contribution in [1.29, 1.82) is 0 Å². The van der Waals surface area contributed by atoms with Gasteiger partial charge in [-0.2, -0.15) is 0 Å². The molecule has 0 fully saturated rings. The minimum Gasteiger partial charge on any atom is -0.276 e. The van der Waals surface area contributed by atoms with Gasteiger partial charge in [-0.25, -0.2) is 0 Å². The third-order valence-corrected chi connectivity index (χ3v) is 6.65. The van der Waals surface area contributed by atoms with Crippen LogP contribution in [-0.4, -0.2) is 10.5 Å². The molecule has 2 nitrogen and oxygen atoms in total. The van der Waals surface area contributed by atoms with E-state index in [1.54, 1.807) is 0 Å². The molecule has 0 aliphatic rings. The van der Waals surface area contributed by atoms with Gasteiger partial charge in [0.15, 0.2) is 0 Å². The van der Waals surface area contributed by atoms with Crippen LogP contribution < -0.4 is 0 Å². The molecule has 0 bridgehead atoms. The maximum atomic E-state index is 12.3. The molecule has 2 aromatic rings. The molecule has 2 aromatic carbocycles. The number of hydrogen-bond acceptors (Lipinski definition) is 2. The Hall–Kier alpha value is -1.64. The van der Waals surface area contributed by atoms with E-state index in [4.69, 9.17) is 23.2 Å². The van der Waals surface area contributed by atoms with Crippen molar-refractivity contribution in [3.05, 3.63) is 57.6 Å². The molecule has 2 rings (SSSR count). The SMILES string of the molecule is CC(C)(C)c1cc(C(=O)Cl)cc(C(C)(C)C)c1-c1c(C(C)(C)C)cc(C(=O)Cl)cc1C(C)(C)C. The second kappa shape index (κ2) is 9.10. The normalized spacial score (nSPS) is 13.2. The molecule has 0 spiro atoms. The van der Waals surface area contributed by atoms with Gasteiger partial charge < -0.3 is 0 Å². The van der Waals surface area contributed by atoms with Crippen LogP contribution in [0.4, 0.5) is 0 Å². The van der Waals surface area contributed by atoms with E-state index in [0.717, 1.165) is 33.4 Å². The molecule has 4 heteroatoms. The van der Waals surface area contributed by atoms with Crippen molar-refractivity contribution >= 4 is 33.7 Å². The summed E-state index contributed by atoms with van der Waals surface area (Å²) in [6, 6.07) is 7.78. The van der Waals surface area contributed by atoms with Crippen LogP contribution in [0.3, 0.4) is 0 Å². The van der Waals surface area contributed by atoms with E-state index in [9.17, 15) is 9.59 Å². The van der Waals surface area contributed by atoms with E-state index in [2.05, 4.69) is 83.1 Å². The molecule has 0 atom stereocenters. The number of benzene rings is 2. The van der Waals surface area contributed by atoms with E-state index in [-0.39, 0.29) is 21.7 Å². The summed E-state index contributed by atoms with van der Waals surface area (Å²) < 4.78 is 0. The van der Waals surface area contributed by atoms with E-state index in [1.807, 2.05) is 24.3 Å². The summed E-state index contributed by atoms with van der Waals surface area (Å²) in [4.78, 5) is 24.7. The first-order valence-corrected chi connectivity index (χ1v) is 12.6. The van der Waals surface area contributed by atoms with Gasteiger partial charge in [-0.1, -0.05) is 83.1 Å². The highest BCUT2D eigenvalue weighted by molar-refractivity contribution is 6.68. The lowest BCUT2D eigenvalue weighted by Gasteiger charge is -2.37. The van der Waals surface area contributed by atoms with Crippen LogP contribution in [-0.2, 0) is 21.7 Å². The van der Waals surface area contributed by atoms with Gasteiger partial charge in [-0.05, 0) is 103 Å². The van der Waals surface area contributed by atoms with Crippen LogP contribution in [0.1, 0.15) is 126 Å². The number of hydrogen-bond donors (Lipinski definition) is 0. The highest BCUT2D eigenvalue weighted by Crippen LogP contribution is 2.49. The fraction of sp³-hybridized carbons (Fsp3) is 0.533. The molecule has 0 unspecified atom stereocenters. The third-order valence-electron chi connectivity index (χ3n) is 6.21. The third kappa shape index (κ3) is 5.94. The van der Waals surface area contributed by atoms with Gasteiger partial charge in [0.1, 0.15) is 0 Å². The molecule has 0 saturated heterocycles. The summed E-state index contributed by atoms with van der Waals surface area (Å²) in [6.07, 6.45) is 0. The summed E-state index contributed by atoms with van der Waals surface area (Å²) in [5.74, 6) is 0. The predicted molar refractivity (Wildman–Crippen MR) is 147 cm³/mol. The van der Waals surface area contributed by atoms with Crippen LogP contribution in [0, 0.1) is 0 Å². The lowest BCUT2D eigenvalue weighted by atomic mass is 9.67. The van der Waals surface area contributed by atoms with Crippen molar-refractivity contribution in [2.75, 3.05) is 0 Å². The van der Waals surface area contributed by atoms with Crippen LogP contribution in [0.15, 0.2) is 24.3 Å². The van der Waals surface area contributed by atoms with Crippen molar-refractivity contribution in [2.45, 2.75) is 105 Å². The van der Waals surface area contributed by atoms with Gasteiger partial charge in [-0.15, -0.1) is 0 Å². The Labute approximate surface area is 216 Å². The molecule has 0 saturated carbocycles. The molecule has 0 aliphatic heterocycles. The zero-order chi connectivity index (χ0) is 26.6. The second-order valence-electron chi connectivity index (χ2n) is 13.4. The molecule has 34 heavy (non-hydrogen) atoms. The Morgan fingerprint density at radius 1 is 0.471 bits per heavy atom. The second-order valence-corrected chi connectivity index (χ2v) is 14.1. The zero-order valence-corrected chi connectivity index (χ0v) is 24.4. The standard InChI is InChI=1S/C30H40Cl2O2/c1-27(2,3)19-13-17(25(31)33)14-20(28(4,5)6)23(19)24-21(29(7,8)9)15-18(26(32)34)16-22(24)30(10,11)12/h13-16H,1-12H3. The summed E-state index contributed by atoms with van der Waals surface area (Å²) in [7, 11) is 0. The molecule has 0 N–H and O–H groups in total. The Kier molecular flexibility index (Phi) is 7.65. The summed E-state index contributed by atoms with van der Waals surface area (Å²) in [6.45, 7) is 25.9. The Bertz CT molecular complexity index is 967. The van der Waals surface area contributed by atoms with Gasteiger partial charge in [-0.3, -0.25) is 9.59 Å². The van der Waals surface area contributed by atoms with Crippen LogP contribution in [0.25, 0.3) is 11.1 Å². The van der Waals surface area contributed by atoms with Crippen molar-refractivity contribution in [1.82, 2.24) is 0 Å². The fourth-order valence-electron chi connectivity index (χ4n) is 4.42. The maximum absolute atomic E-state index is 12.3. The van der Waals surface area contributed by atoms with E-state index in [1.165, 1.54) is 0 Å². The summed E-state index contributed by atoms with van der Waals surface area (Å²) in [5.41, 5.74) is 6.43. The average molecular weight is 504 g/mol. The number of rotatable bonds is 3. The predicted octanol–water partition coefficient (Wildman–Crippen LogP) is 9.30. The Morgan fingerprint density at radius 3 is 0.765 bits per heavy atom. The quantitative estimate of drug-likeness (QED) is 0.391.